The number of carboxylic acids is 1. The molecule has 4 nitrogen and oxygen atoms in total. The van der Waals surface area contributed by atoms with Crippen molar-refractivity contribution in [3.05, 3.63) is 60.2 Å². The van der Waals surface area contributed by atoms with Crippen LogP contribution in [0.25, 0.3) is 0 Å². The third kappa shape index (κ3) is 2.48. The highest BCUT2D eigenvalue weighted by molar-refractivity contribution is 5.88. The average molecular weight is 324 g/mol. The van der Waals surface area contributed by atoms with Crippen LogP contribution in [-0.4, -0.2) is 17.4 Å². The fourth-order valence-electron chi connectivity index (χ4n) is 3.67. The third-order valence-electron chi connectivity index (χ3n) is 5.25. The summed E-state index contributed by atoms with van der Waals surface area (Å²) in [6, 6.07) is 16.8. The standard InChI is InChI=1S/C20H20O4/c1-19(2)17(13-21)20(19,18(22)23)12-14-7-6-10-16(11-14)24-15-8-4-3-5-9-15/h3-11,13,17H,12H2,1-2H3,(H,22,23). The van der Waals surface area contributed by atoms with Gasteiger partial charge in [-0.3, -0.25) is 4.79 Å². The summed E-state index contributed by atoms with van der Waals surface area (Å²) < 4.78 is 5.80. The van der Waals surface area contributed by atoms with Gasteiger partial charge in [0.2, 0.25) is 0 Å². The lowest BCUT2D eigenvalue weighted by Crippen LogP contribution is -2.24. The Balaban J connectivity index is 1.85. The molecule has 1 N–H and O–H groups in total. The zero-order valence-electron chi connectivity index (χ0n) is 13.7. The maximum Gasteiger partial charge on any atom is 0.311 e. The highest BCUT2D eigenvalue weighted by Gasteiger charge is 2.75. The molecule has 2 atom stereocenters. The van der Waals surface area contributed by atoms with Crippen molar-refractivity contribution < 1.29 is 19.4 Å². The number of aliphatic carboxylic acids is 1. The molecule has 0 aliphatic heterocycles. The van der Waals surface area contributed by atoms with Crippen LogP contribution in [-0.2, 0) is 16.0 Å². The molecule has 4 heteroatoms. The van der Waals surface area contributed by atoms with Gasteiger partial charge in [-0.1, -0.05) is 44.2 Å². The zero-order chi connectivity index (χ0) is 17.4. The first kappa shape index (κ1) is 16.2. The molecule has 2 unspecified atom stereocenters. The molecule has 0 bridgehead atoms. The van der Waals surface area contributed by atoms with E-state index in [1.54, 1.807) is 0 Å². The maximum atomic E-state index is 11.9. The predicted molar refractivity (Wildman–Crippen MR) is 90.1 cm³/mol. The number of ether oxygens (including phenoxy) is 1. The van der Waals surface area contributed by atoms with Gasteiger partial charge in [-0.2, -0.15) is 0 Å². The lowest BCUT2D eigenvalue weighted by atomic mass is 9.88. The number of para-hydroxylation sites is 1. The second kappa shape index (κ2) is 5.78. The summed E-state index contributed by atoms with van der Waals surface area (Å²) in [6.07, 6.45) is 1.09. The van der Waals surface area contributed by atoms with E-state index in [0.717, 1.165) is 17.6 Å². The summed E-state index contributed by atoms with van der Waals surface area (Å²) >= 11 is 0. The van der Waals surface area contributed by atoms with Crippen molar-refractivity contribution in [1.29, 1.82) is 0 Å². The van der Waals surface area contributed by atoms with Gasteiger partial charge in [-0.05, 0) is 41.7 Å². The monoisotopic (exact) mass is 324 g/mol. The SMILES string of the molecule is CC1(C)C(C=O)C1(Cc1cccc(Oc2ccccc2)c1)C(=O)O. The fourth-order valence-corrected chi connectivity index (χ4v) is 3.67. The van der Waals surface area contributed by atoms with Gasteiger partial charge in [0, 0.05) is 5.92 Å². The van der Waals surface area contributed by atoms with Crippen molar-refractivity contribution in [1.82, 2.24) is 0 Å². The summed E-state index contributed by atoms with van der Waals surface area (Å²) in [4.78, 5) is 23.2. The van der Waals surface area contributed by atoms with E-state index in [0.29, 0.717) is 12.2 Å². The largest absolute Gasteiger partial charge is 0.481 e. The van der Waals surface area contributed by atoms with Crippen LogP contribution in [0.1, 0.15) is 19.4 Å². The van der Waals surface area contributed by atoms with Crippen LogP contribution < -0.4 is 4.74 Å². The molecule has 0 amide bonds. The van der Waals surface area contributed by atoms with E-state index in [9.17, 15) is 14.7 Å². The number of rotatable bonds is 6. The number of hydrogen-bond acceptors (Lipinski definition) is 3. The summed E-state index contributed by atoms with van der Waals surface area (Å²) in [7, 11) is 0. The maximum absolute atomic E-state index is 11.9. The van der Waals surface area contributed by atoms with E-state index in [1.165, 1.54) is 0 Å². The molecule has 0 spiro atoms. The smallest absolute Gasteiger partial charge is 0.311 e. The predicted octanol–water partition coefficient (Wildman–Crippen LogP) is 3.95. The molecule has 1 saturated carbocycles. The van der Waals surface area contributed by atoms with E-state index >= 15 is 0 Å². The number of aldehydes is 1. The summed E-state index contributed by atoms with van der Waals surface area (Å²) in [5, 5.41) is 9.72. The van der Waals surface area contributed by atoms with Gasteiger partial charge in [-0.25, -0.2) is 0 Å². The third-order valence-corrected chi connectivity index (χ3v) is 5.25. The number of carboxylic acid groups (broad SMARTS) is 1. The van der Waals surface area contributed by atoms with Crippen LogP contribution in [0.3, 0.4) is 0 Å². The summed E-state index contributed by atoms with van der Waals surface area (Å²) in [5.41, 5.74) is -0.736. The molecule has 1 aliphatic rings. The van der Waals surface area contributed by atoms with E-state index in [1.807, 2.05) is 68.4 Å². The van der Waals surface area contributed by atoms with Crippen LogP contribution in [0.4, 0.5) is 0 Å². The van der Waals surface area contributed by atoms with Crippen molar-refractivity contribution in [3.8, 4) is 11.5 Å². The minimum absolute atomic E-state index is 0.310. The van der Waals surface area contributed by atoms with Crippen molar-refractivity contribution >= 4 is 12.3 Å². The quantitative estimate of drug-likeness (QED) is 0.817. The van der Waals surface area contributed by atoms with Gasteiger partial charge in [0.15, 0.2) is 0 Å². The molecule has 24 heavy (non-hydrogen) atoms. The Morgan fingerprint density at radius 2 is 1.79 bits per heavy atom. The lowest BCUT2D eigenvalue weighted by Gasteiger charge is -2.16. The van der Waals surface area contributed by atoms with Crippen LogP contribution in [0, 0.1) is 16.7 Å². The molecule has 1 fully saturated rings. The van der Waals surface area contributed by atoms with Crippen LogP contribution >= 0.6 is 0 Å². The van der Waals surface area contributed by atoms with Crippen molar-refractivity contribution in [2.75, 3.05) is 0 Å². The average Bonchev–Trinajstić information content (AvgIpc) is 3.04. The lowest BCUT2D eigenvalue weighted by molar-refractivity contribution is -0.145. The molecular weight excluding hydrogens is 304 g/mol. The normalized spacial score (nSPS) is 24.2. The molecule has 1 aliphatic carbocycles. The topological polar surface area (TPSA) is 63.6 Å². The van der Waals surface area contributed by atoms with Gasteiger partial charge in [0.05, 0.1) is 5.41 Å². The Labute approximate surface area is 141 Å². The second-order valence-corrected chi connectivity index (χ2v) is 6.85. The summed E-state index contributed by atoms with van der Waals surface area (Å²) in [6.45, 7) is 3.68. The molecule has 0 saturated heterocycles. The second-order valence-electron chi connectivity index (χ2n) is 6.85. The Morgan fingerprint density at radius 3 is 2.38 bits per heavy atom. The molecular formula is C20H20O4. The molecule has 2 aromatic carbocycles. The zero-order valence-corrected chi connectivity index (χ0v) is 13.7. The van der Waals surface area contributed by atoms with Gasteiger partial charge < -0.3 is 14.6 Å². The number of carbonyl (C=O) groups excluding carboxylic acids is 1. The minimum atomic E-state index is -1.04. The molecule has 0 heterocycles. The Bertz CT molecular complexity index is 766. The minimum Gasteiger partial charge on any atom is -0.481 e. The summed E-state index contributed by atoms with van der Waals surface area (Å²) in [5.74, 6) is -0.0133. The molecule has 124 valence electrons. The molecule has 2 aromatic rings. The van der Waals surface area contributed by atoms with Gasteiger partial charge in [0.25, 0.3) is 0 Å². The number of hydrogen-bond donors (Lipinski definition) is 1. The van der Waals surface area contributed by atoms with Crippen LogP contribution in [0.2, 0.25) is 0 Å². The van der Waals surface area contributed by atoms with Gasteiger partial charge >= 0.3 is 5.97 Å². The van der Waals surface area contributed by atoms with E-state index in [-0.39, 0.29) is 0 Å². The number of carbonyl (C=O) groups is 2. The highest BCUT2D eigenvalue weighted by atomic mass is 16.5. The molecule has 0 radical (unpaired) electrons. The van der Waals surface area contributed by atoms with E-state index in [2.05, 4.69) is 0 Å². The Morgan fingerprint density at radius 1 is 1.12 bits per heavy atom. The first-order chi connectivity index (χ1) is 11.4. The van der Waals surface area contributed by atoms with Gasteiger partial charge in [-0.15, -0.1) is 0 Å². The Hall–Kier alpha value is -2.62. The first-order valence-corrected chi connectivity index (χ1v) is 7.92. The molecule has 0 aromatic heterocycles. The van der Waals surface area contributed by atoms with Crippen LogP contribution in [0.5, 0.6) is 11.5 Å². The van der Waals surface area contributed by atoms with Crippen molar-refractivity contribution in [2.24, 2.45) is 16.7 Å². The van der Waals surface area contributed by atoms with Crippen molar-refractivity contribution in [2.45, 2.75) is 20.3 Å². The Kier molecular flexibility index (Phi) is 3.91. The van der Waals surface area contributed by atoms with E-state index < -0.39 is 22.7 Å². The van der Waals surface area contributed by atoms with Crippen molar-refractivity contribution in [3.63, 3.8) is 0 Å². The highest BCUT2D eigenvalue weighted by Crippen LogP contribution is 2.69. The number of benzene rings is 2. The molecule has 3 rings (SSSR count). The first-order valence-electron chi connectivity index (χ1n) is 7.92. The van der Waals surface area contributed by atoms with Gasteiger partial charge in [0.1, 0.15) is 17.8 Å². The van der Waals surface area contributed by atoms with E-state index in [4.69, 9.17) is 4.74 Å². The fraction of sp³-hybridized carbons (Fsp3) is 0.300. The van der Waals surface area contributed by atoms with Crippen LogP contribution in [0.15, 0.2) is 54.6 Å².